The number of carbonyl (C=O) groups excluding carboxylic acids is 1. The second kappa shape index (κ2) is 9.25. The van der Waals surface area contributed by atoms with E-state index in [-0.39, 0.29) is 11.9 Å². The van der Waals surface area contributed by atoms with Crippen molar-refractivity contribution in [3.63, 3.8) is 0 Å². The first kappa shape index (κ1) is 16.4. The summed E-state index contributed by atoms with van der Waals surface area (Å²) in [5.41, 5.74) is 5.52. The molecule has 0 saturated carbocycles. The van der Waals surface area contributed by atoms with E-state index in [4.69, 9.17) is 10.5 Å². The Balaban J connectivity index is 2.23. The number of hydrogen-bond donors (Lipinski definition) is 2. The van der Waals surface area contributed by atoms with E-state index in [9.17, 15) is 4.79 Å². The minimum absolute atomic E-state index is 0.0616. The van der Waals surface area contributed by atoms with Crippen molar-refractivity contribution in [1.29, 1.82) is 0 Å². The molecule has 112 valence electrons. The number of nitrogens with one attached hydrogen (secondary N) is 1. The first-order chi connectivity index (χ1) is 9.19. The second-order valence-corrected chi connectivity index (χ2v) is 4.98. The van der Waals surface area contributed by atoms with Crippen molar-refractivity contribution in [2.45, 2.75) is 19.4 Å². The van der Waals surface area contributed by atoms with Crippen molar-refractivity contribution < 1.29 is 9.53 Å². The van der Waals surface area contributed by atoms with Gasteiger partial charge in [0.25, 0.3) is 0 Å². The highest BCUT2D eigenvalue weighted by atomic mass is 16.5. The number of piperazine rings is 1. The van der Waals surface area contributed by atoms with Crippen LogP contribution in [0.2, 0.25) is 0 Å². The van der Waals surface area contributed by atoms with Crippen molar-refractivity contribution in [2.75, 3.05) is 59.5 Å². The Morgan fingerprint density at radius 2 is 2.05 bits per heavy atom. The first-order valence-electron chi connectivity index (χ1n) is 7.12. The number of nitrogens with zero attached hydrogens (tertiary/aromatic N) is 2. The molecule has 6 heteroatoms. The van der Waals surface area contributed by atoms with Crippen LogP contribution in [0.4, 0.5) is 0 Å². The van der Waals surface area contributed by atoms with Gasteiger partial charge in [0.15, 0.2) is 0 Å². The molecule has 1 atom stereocenters. The quantitative estimate of drug-likeness (QED) is 0.561. The number of hydrogen-bond acceptors (Lipinski definition) is 5. The standard InChI is InChI=1S/C13H28N4O2/c1-12(13(18)15-5-11-19-2)17-9-7-16(8-10-17)6-3-4-14/h12H,3-11,14H2,1-2H3,(H,15,18). The van der Waals surface area contributed by atoms with Gasteiger partial charge in [-0.15, -0.1) is 0 Å². The van der Waals surface area contributed by atoms with Gasteiger partial charge in [-0.2, -0.15) is 0 Å². The molecule has 1 amide bonds. The molecule has 0 bridgehead atoms. The average molecular weight is 272 g/mol. The van der Waals surface area contributed by atoms with Crippen molar-refractivity contribution in [1.82, 2.24) is 15.1 Å². The number of amides is 1. The van der Waals surface area contributed by atoms with Crippen molar-refractivity contribution in [3.8, 4) is 0 Å². The highest BCUT2D eigenvalue weighted by Crippen LogP contribution is 2.06. The summed E-state index contributed by atoms with van der Waals surface area (Å²) in [4.78, 5) is 16.6. The third-order valence-corrected chi connectivity index (χ3v) is 3.62. The third-order valence-electron chi connectivity index (χ3n) is 3.62. The van der Waals surface area contributed by atoms with Gasteiger partial charge in [0.2, 0.25) is 5.91 Å². The molecule has 1 unspecified atom stereocenters. The van der Waals surface area contributed by atoms with Crippen molar-refractivity contribution in [3.05, 3.63) is 0 Å². The lowest BCUT2D eigenvalue weighted by Gasteiger charge is -2.37. The highest BCUT2D eigenvalue weighted by Gasteiger charge is 2.24. The van der Waals surface area contributed by atoms with Gasteiger partial charge in [0, 0.05) is 39.8 Å². The maximum Gasteiger partial charge on any atom is 0.237 e. The Labute approximate surface area is 116 Å². The van der Waals surface area contributed by atoms with Crippen LogP contribution in [0.5, 0.6) is 0 Å². The summed E-state index contributed by atoms with van der Waals surface area (Å²) in [6, 6.07) is -0.0616. The Morgan fingerprint density at radius 3 is 2.63 bits per heavy atom. The van der Waals surface area contributed by atoms with Gasteiger partial charge >= 0.3 is 0 Å². The fourth-order valence-corrected chi connectivity index (χ4v) is 2.28. The number of methoxy groups -OCH3 is 1. The molecule has 0 spiro atoms. The van der Waals surface area contributed by atoms with Crippen LogP contribution in [0.3, 0.4) is 0 Å². The molecular weight excluding hydrogens is 244 g/mol. The Kier molecular flexibility index (Phi) is 7.97. The molecule has 1 aliphatic heterocycles. The minimum atomic E-state index is -0.0616. The van der Waals surface area contributed by atoms with Crippen molar-refractivity contribution in [2.24, 2.45) is 5.73 Å². The summed E-state index contributed by atoms with van der Waals surface area (Å²) in [6.07, 6.45) is 1.05. The average Bonchev–Trinajstić information content (AvgIpc) is 2.45. The van der Waals surface area contributed by atoms with E-state index < -0.39 is 0 Å². The summed E-state index contributed by atoms with van der Waals surface area (Å²) in [6.45, 7) is 8.87. The first-order valence-corrected chi connectivity index (χ1v) is 7.12. The summed E-state index contributed by atoms with van der Waals surface area (Å²) in [5, 5.41) is 2.89. The Hall–Kier alpha value is -0.690. The topological polar surface area (TPSA) is 70.8 Å². The maximum atomic E-state index is 11.9. The van der Waals surface area contributed by atoms with E-state index in [1.807, 2.05) is 6.92 Å². The normalized spacial score (nSPS) is 19.3. The lowest BCUT2D eigenvalue weighted by atomic mass is 10.2. The number of nitrogens with two attached hydrogens (primary N) is 1. The van der Waals surface area contributed by atoms with E-state index >= 15 is 0 Å². The minimum Gasteiger partial charge on any atom is -0.383 e. The van der Waals surface area contributed by atoms with Crippen LogP contribution >= 0.6 is 0 Å². The van der Waals surface area contributed by atoms with Crippen molar-refractivity contribution >= 4 is 5.91 Å². The molecule has 1 aliphatic rings. The molecule has 1 heterocycles. The predicted molar refractivity (Wildman–Crippen MR) is 76.0 cm³/mol. The zero-order chi connectivity index (χ0) is 14.1. The molecule has 1 fully saturated rings. The fourth-order valence-electron chi connectivity index (χ4n) is 2.28. The summed E-state index contributed by atoms with van der Waals surface area (Å²) < 4.78 is 4.92. The van der Waals surface area contributed by atoms with Crippen LogP contribution in [0.15, 0.2) is 0 Å². The summed E-state index contributed by atoms with van der Waals surface area (Å²) >= 11 is 0. The summed E-state index contributed by atoms with van der Waals surface area (Å²) in [7, 11) is 1.64. The van der Waals surface area contributed by atoms with Gasteiger partial charge in [-0.05, 0) is 26.4 Å². The van der Waals surface area contributed by atoms with E-state index in [0.29, 0.717) is 13.2 Å². The zero-order valence-corrected chi connectivity index (χ0v) is 12.2. The van der Waals surface area contributed by atoms with E-state index in [2.05, 4.69) is 15.1 Å². The lowest BCUT2D eigenvalue weighted by Crippen LogP contribution is -2.54. The molecule has 6 nitrogen and oxygen atoms in total. The van der Waals surface area contributed by atoms with Gasteiger partial charge in [-0.25, -0.2) is 0 Å². The van der Waals surface area contributed by atoms with Crippen LogP contribution in [-0.2, 0) is 9.53 Å². The van der Waals surface area contributed by atoms with Gasteiger partial charge < -0.3 is 20.7 Å². The molecule has 3 N–H and O–H groups in total. The van der Waals surface area contributed by atoms with Gasteiger partial charge in [0.05, 0.1) is 12.6 Å². The molecule has 1 rings (SSSR count). The van der Waals surface area contributed by atoms with E-state index in [1.165, 1.54) is 0 Å². The molecule has 1 saturated heterocycles. The summed E-state index contributed by atoms with van der Waals surface area (Å²) in [5.74, 6) is 0.0902. The van der Waals surface area contributed by atoms with Crippen LogP contribution in [0.25, 0.3) is 0 Å². The third kappa shape index (κ3) is 5.86. The van der Waals surface area contributed by atoms with Crippen LogP contribution < -0.4 is 11.1 Å². The molecule has 0 radical (unpaired) electrons. The predicted octanol–water partition coefficient (Wildman–Crippen LogP) is -0.896. The highest BCUT2D eigenvalue weighted by molar-refractivity contribution is 5.81. The van der Waals surface area contributed by atoms with Crippen LogP contribution in [0.1, 0.15) is 13.3 Å². The van der Waals surface area contributed by atoms with Crippen LogP contribution in [-0.4, -0.2) is 81.3 Å². The lowest BCUT2D eigenvalue weighted by molar-refractivity contribution is -0.126. The molecular formula is C13H28N4O2. The molecule has 0 aromatic rings. The SMILES string of the molecule is COCCNC(=O)C(C)N1CCN(CCCN)CC1. The molecule has 19 heavy (non-hydrogen) atoms. The molecule has 0 aromatic heterocycles. The Morgan fingerprint density at radius 1 is 1.37 bits per heavy atom. The molecule has 0 aliphatic carbocycles. The van der Waals surface area contributed by atoms with E-state index in [0.717, 1.165) is 45.7 Å². The largest absolute Gasteiger partial charge is 0.383 e. The Bertz CT molecular complexity index is 255. The van der Waals surface area contributed by atoms with Gasteiger partial charge in [-0.1, -0.05) is 0 Å². The second-order valence-electron chi connectivity index (χ2n) is 4.98. The number of carbonyl (C=O) groups is 1. The van der Waals surface area contributed by atoms with Gasteiger partial charge in [-0.3, -0.25) is 9.69 Å². The van der Waals surface area contributed by atoms with Gasteiger partial charge in [0.1, 0.15) is 0 Å². The zero-order valence-electron chi connectivity index (χ0n) is 12.2. The monoisotopic (exact) mass is 272 g/mol. The smallest absolute Gasteiger partial charge is 0.237 e. The fraction of sp³-hybridized carbons (Fsp3) is 0.923. The van der Waals surface area contributed by atoms with Crippen LogP contribution in [0, 0.1) is 0 Å². The maximum absolute atomic E-state index is 11.9. The number of ether oxygens (including phenoxy) is 1. The van der Waals surface area contributed by atoms with E-state index in [1.54, 1.807) is 7.11 Å². The number of rotatable bonds is 8. The molecule has 0 aromatic carbocycles.